The molecule has 0 aromatic carbocycles. The van der Waals surface area contributed by atoms with Crippen LogP contribution in [0, 0.1) is 11.3 Å². The smallest absolute Gasteiger partial charge is 0.263 e. The Balaban J connectivity index is 2.45. The standard InChI is InChI=1S/C14H23N3O2/c1-19-10-6-7-16-14(18)13(11-15)12-17-8-4-2-3-5-9-17/h12H,2-10H2,1H3,(H,16,18)/b13-12-. The zero-order chi connectivity index (χ0) is 13.9. The summed E-state index contributed by atoms with van der Waals surface area (Å²) in [5.41, 5.74) is 0.194. The van der Waals surface area contributed by atoms with Gasteiger partial charge in [0.05, 0.1) is 0 Å². The van der Waals surface area contributed by atoms with E-state index in [0.717, 1.165) is 32.4 Å². The molecular formula is C14H23N3O2. The van der Waals surface area contributed by atoms with Crippen molar-refractivity contribution in [3.63, 3.8) is 0 Å². The van der Waals surface area contributed by atoms with E-state index >= 15 is 0 Å². The summed E-state index contributed by atoms with van der Waals surface area (Å²) in [4.78, 5) is 13.9. The lowest BCUT2D eigenvalue weighted by atomic mass is 10.2. The van der Waals surface area contributed by atoms with Gasteiger partial charge < -0.3 is 15.0 Å². The maximum atomic E-state index is 11.8. The van der Waals surface area contributed by atoms with E-state index in [1.54, 1.807) is 13.3 Å². The number of methoxy groups -OCH3 is 1. The number of hydrogen-bond donors (Lipinski definition) is 1. The highest BCUT2D eigenvalue weighted by Crippen LogP contribution is 2.11. The van der Waals surface area contributed by atoms with E-state index in [1.807, 2.05) is 6.07 Å². The van der Waals surface area contributed by atoms with Crippen molar-refractivity contribution < 1.29 is 9.53 Å². The van der Waals surface area contributed by atoms with Crippen LogP contribution >= 0.6 is 0 Å². The van der Waals surface area contributed by atoms with Crippen LogP contribution in [0.1, 0.15) is 32.1 Å². The Morgan fingerprint density at radius 1 is 1.37 bits per heavy atom. The van der Waals surface area contributed by atoms with Gasteiger partial charge in [-0.05, 0) is 19.3 Å². The highest BCUT2D eigenvalue weighted by Gasteiger charge is 2.12. The minimum atomic E-state index is -0.289. The summed E-state index contributed by atoms with van der Waals surface area (Å²) >= 11 is 0. The van der Waals surface area contributed by atoms with Gasteiger partial charge in [0.2, 0.25) is 0 Å². The van der Waals surface area contributed by atoms with Crippen molar-refractivity contribution in [2.24, 2.45) is 0 Å². The Labute approximate surface area is 115 Å². The fraction of sp³-hybridized carbons (Fsp3) is 0.714. The fourth-order valence-corrected chi connectivity index (χ4v) is 2.06. The van der Waals surface area contributed by atoms with Crippen LogP contribution in [0.15, 0.2) is 11.8 Å². The molecule has 1 heterocycles. The Morgan fingerprint density at radius 3 is 2.63 bits per heavy atom. The molecule has 5 heteroatoms. The zero-order valence-electron chi connectivity index (χ0n) is 11.7. The maximum Gasteiger partial charge on any atom is 0.263 e. The number of amides is 1. The Hall–Kier alpha value is -1.54. The number of rotatable bonds is 6. The largest absolute Gasteiger partial charge is 0.385 e. The van der Waals surface area contributed by atoms with Crippen molar-refractivity contribution in [3.8, 4) is 6.07 Å². The number of carbonyl (C=O) groups is 1. The van der Waals surface area contributed by atoms with Gasteiger partial charge in [-0.1, -0.05) is 12.8 Å². The van der Waals surface area contributed by atoms with Crippen LogP contribution in [-0.4, -0.2) is 44.2 Å². The molecule has 1 saturated heterocycles. The average Bonchev–Trinajstić information content (AvgIpc) is 2.69. The van der Waals surface area contributed by atoms with E-state index in [0.29, 0.717) is 13.2 Å². The molecule has 0 bridgehead atoms. The predicted octanol–water partition coefficient (Wildman–Crippen LogP) is 1.42. The molecule has 106 valence electrons. The van der Waals surface area contributed by atoms with Crippen LogP contribution in [0.5, 0.6) is 0 Å². The summed E-state index contributed by atoms with van der Waals surface area (Å²) in [6.45, 7) is 3.01. The molecule has 0 atom stereocenters. The lowest BCUT2D eigenvalue weighted by Gasteiger charge is -2.17. The molecule has 1 aliphatic rings. The summed E-state index contributed by atoms with van der Waals surface area (Å²) in [6.07, 6.45) is 7.18. The monoisotopic (exact) mass is 265 g/mol. The summed E-state index contributed by atoms with van der Waals surface area (Å²) in [5.74, 6) is -0.289. The van der Waals surface area contributed by atoms with Gasteiger partial charge in [-0.2, -0.15) is 5.26 Å². The minimum Gasteiger partial charge on any atom is -0.385 e. The first-order valence-electron chi connectivity index (χ1n) is 6.91. The molecule has 1 amide bonds. The lowest BCUT2D eigenvalue weighted by molar-refractivity contribution is -0.117. The number of hydrogen-bond acceptors (Lipinski definition) is 4. The van der Waals surface area contributed by atoms with E-state index in [2.05, 4.69) is 10.2 Å². The molecule has 0 unspecified atom stereocenters. The summed E-state index contributed by atoms with van der Waals surface area (Å²) < 4.78 is 4.91. The molecule has 1 rings (SSSR count). The van der Waals surface area contributed by atoms with Crippen molar-refractivity contribution in [3.05, 3.63) is 11.8 Å². The van der Waals surface area contributed by atoms with Crippen LogP contribution in [0.2, 0.25) is 0 Å². The molecule has 0 aromatic heterocycles. The third-order valence-corrected chi connectivity index (χ3v) is 3.13. The van der Waals surface area contributed by atoms with Gasteiger partial charge in [-0.15, -0.1) is 0 Å². The second kappa shape index (κ2) is 9.40. The predicted molar refractivity (Wildman–Crippen MR) is 73.2 cm³/mol. The third-order valence-electron chi connectivity index (χ3n) is 3.13. The van der Waals surface area contributed by atoms with Crippen LogP contribution in [0.3, 0.4) is 0 Å². The molecule has 19 heavy (non-hydrogen) atoms. The number of likely N-dealkylation sites (tertiary alicyclic amines) is 1. The number of ether oxygens (including phenoxy) is 1. The van der Waals surface area contributed by atoms with Gasteiger partial charge in [0, 0.05) is 39.6 Å². The van der Waals surface area contributed by atoms with Crippen molar-refractivity contribution in [2.75, 3.05) is 33.4 Å². The zero-order valence-corrected chi connectivity index (χ0v) is 11.7. The van der Waals surface area contributed by atoms with Gasteiger partial charge in [0.25, 0.3) is 5.91 Å². The molecule has 0 aliphatic carbocycles. The average molecular weight is 265 g/mol. The first-order valence-corrected chi connectivity index (χ1v) is 6.91. The summed E-state index contributed by atoms with van der Waals surface area (Å²) in [6, 6.07) is 1.99. The Morgan fingerprint density at radius 2 is 2.05 bits per heavy atom. The first-order chi connectivity index (χ1) is 9.27. The highest BCUT2D eigenvalue weighted by molar-refractivity contribution is 5.97. The van der Waals surface area contributed by atoms with E-state index in [1.165, 1.54) is 12.8 Å². The fourth-order valence-electron chi connectivity index (χ4n) is 2.06. The molecule has 0 radical (unpaired) electrons. The van der Waals surface area contributed by atoms with Gasteiger partial charge in [0.15, 0.2) is 0 Å². The maximum absolute atomic E-state index is 11.8. The molecule has 1 fully saturated rings. The van der Waals surface area contributed by atoms with Crippen molar-refractivity contribution in [1.29, 1.82) is 5.26 Å². The second-order valence-corrected chi connectivity index (χ2v) is 4.71. The Bertz CT molecular complexity index is 339. The van der Waals surface area contributed by atoms with Crippen molar-refractivity contribution in [1.82, 2.24) is 10.2 Å². The molecular weight excluding hydrogens is 242 g/mol. The number of nitrogens with zero attached hydrogens (tertiary/aromatic N) is 2. The number of carbonyl (C=O) groups excluding carboxylic acids is 1. The SMILES string of the molecule is COCCCNC(=O)/C(C#N)=C\N1CCCCCC1. The van der Waals surface area contributed by atoms with Crippen LogP contribution in [-0.2, 0) is 9.53 Å². The third kappa shape index (κ3) is 6.25. The topological polar surface area (TPSA) is 65.4 Å². The lowest BCUT2D eigenvalue weighted by Crippen LogP contribution is -2.28. The molecule has 0 aromatic rings. The first kappa shape index (κ1) is 15.5. The van der Waals surface area contributed by atoms with E-state index in [9.17, 15) is 4.79 Å². The van der Waals surface area contributed by atoms with Gasteiger partial charge >= 0.3 is 0 Å². The van der Waals surface area contributed by atoms with Gasteiger partial charge in [-0.3, -0.25) is 4.79 Å². The molecule has 5 nitrogen and oxygen atoms in total. The van der Waals surface area contributed by atoms with E-state index < -0.39 is 0 Å². The summed E-state index contributed by atoms with van der Waals surface area (Å²) in [5, 5.41) is 11.8. The normalized spacial score (nSPS) is 16.6. The van der Waals surface area contributed by atoms with Crippen molar-refractivity contribution >= 4 is 5.91 Å². The molecule has 1 N–H and O–H groups in total. The number of nitriles is 1. The summed E-state index contributed by atoms with van der Waals surface area (Å²) in [7, 11) is 1.63. The van der Waals surface area contributed by atoms with Crippen LogP contribution < -0.4 is 5.32 Å². The Kier molecular flexibility index (Phi) is 7.68. The van der Waals surface area contributed by atoms with Crippen molar-refractivity contribution in [2.45, 2.75) is 32.1 Å². The quantitative estimate of drug-likeness (QED) is 0.448. The van der Waals surface area contributed by atoms with Crippen LogP contribution in [0.25, 0.3) is 0 Å². The van der Waals surface area contributed by atoms with Crippen LogP contribution in [0.4, 0.5) is 0 Å². The highest BCUT2D eigenvalue weighted by atomic mass is 16.5. The molecule has 1 aliphatic heterocycles. The second-order valence-electron chi connectivity index (χ2n) is 4.71. The van der Waals surface area contributed by atoms with E-state index in [4.69, 9.17) is 10.00 Å². The van der Waals surface area contributed by atoms with Gasteiger partial charge in [0.1, 0.15) is 11.6 Å². The number of nitrogens with one attached hydrogen (secondary N) is 1. The van der Waals surface area contributed by atoms with E-state index in [-0.39, 0.29) is 11.5 Å². The molecule has 0 spiro atoms. The minimum absolute atomic E-state index is 0.194. The van der Waals surface area contributed by atoms with Gasteiger partial charge in [-0.25, -0.2) is 0 Å². The molecule has 0 saturated carbocycles.